The van der Waals surface area contributed by atoms with Crippen molar-refractivity contribution in [2.45, 2.75) is 29.6 Å². The Labute approximate surface area is 166 Å². The van der Waals surface area contributed by atoms with Gasteiger partial charge < -0.3 is 5.32 Å². The molecule has 2 aromatic rings. The van der Waals surface area contributed by atoms with E-state index in [0.29, 0.717) is 15.8 Å². The van der Waals surface area contributed by atoms with Crippen molar-refractivity contribution in [3.8, 4) is 0 Å². The molecule has 0 bridgehead atoms. The second-order valence-electron chi connectivity index (χ2n) is 6.09. The molecule has 0 radical (unpaired) electrons. The Bertz CT molecular complexity index is 701. The third-order valence-corrected chi connectivity index (χ3v) is 7.05. The number of nitrogens with zero attached hydrogens (tertiary/aromatic N) is 1. The van der Waals surface area contributed by atoms with Gasteiger partial charge in [-0.3, -0.25) is 9.69 Å². The molecule has 0 unspecified atom stereocenters. The van der Waals surface area contributed by atoms with E-state index in [1.807, 2.05) is 35.7 Å². The van der Waals surface area contributed by atoms with Crippen molar-refractivity contribution in [1.82, 2.24) is 10.2 Å². The van der Waals surface area contributed by atoms with E-state index in [2.05, 4.69) is 10.2 Å². The SMILES string of the molecule is O=C(CSc1cccs1)NC1CCN(Cc2ccc(Cl)c(Cl)c2)CC1. The van der Waals surface area contributed by atoms with Crippen LogP contribution in [0.15, 0.2) is 39.9 Å². The van der Waals surface area contributed by atoms with Crippen molar-refractivity contribution < 1.29 is 4.79 Å². The van der Waals surface area contributed by atoms with E-state index in [0.717, 1.165) is 32.5 Å². The quantitative estimate of drug-likeness (QED) is 0.680. The normalized spacial score (nSPS) is 16.1. The number of rotatable bonds is 6. The van der Waals surface area contributed by atoms with Gasteiger partial charge in [0.25, 0.3) is 0 Å². The van der Waals surface area contributed by atoms with Crippen LogP contribution in [0, 0.1) is 0 Å². The number of hydrogen-bond donors (Lipinski definition) is 1. The number of thioether (sulfide) groups is 1. The summed E-state index contributed by atoms with van der Waals surface area (Å²) in [5.41, 5.74) is 1.17. The van der Waals surface area contributed by atoms with Crippen LogP contribution in [-0.4, -0.2) is 35.7 Å². The maximum atomic E-state index is 12.1. The molecule has 134 valence electrons. The second kappa shape index (κ2) is 9.28. The predicted molar refractivity (Wildman–Crippen MR) is 108 cm³/mol. The number of benzene rings is 1. The summed E-state index contributed by atoms with van der Waals surface area (Å²) in [7, 11) is 0. The highest BCUT2D eigenvalue weighted by atomic mass is 35.5. The molecule has 1 amide bonds. The second-order valence-corrected chi connectivity index (χ2v) is 9.12. The van der Waals surface area contributed by atoms with Gasteiger partial charge in [0, 0.05) is 25.7 Å². The third-order valence-electron chi connectivity index (χ3n) is 4.18. The Hall–Kier alpha value is -0.720. The summed E-state index contributed by atoms with van der Waals surface area (Å²) in [6.45, 7) is 2.82. The first kappa shape index (κ1) is 19.1. The van der Waals surface area contributed by atoms with Crippen molar-refractivity contribution in [1.29, 1.82) is 0 Å². The van der Waals surface area contributed by atoms with E-state index in [-0.39, 0.29) is 11.9 Å². The van der Waals surface area contributed by atoms with Gasteiger partial charge in [0.1, 0.15) is 0 Å². The van der Waals surface area contributed by atoms with Gasteiger partial charge in [0.2, 0.25) is 5.91 Å². The van der Waals surface area contributed by atoms with E-state index >= 15 is 0 Å². The molecule has 7 heteroatoms. The first-order valence-corrected chi connectivity index (χ1v) is 10.8. The zero-order valence-electron chi connectivity index (χ0n) is 13.7. The van der Waals surface area contributed by atoms with Crippen LogP contribution in [0.5, 0.6) is 0 Å². The number of nitrogens with one attached hydrogen (secondary N) is 1. The van der Waals surface area contributed by atoms with E-state index in [1.165, 1.54) is 9.77 Å². The first-order chi connectivity index (χ1) is 12.1. The molecule has 0 saturated carbocycles. The Kier molecular flexibility index (Phi) is 7.08. The van der Waals surface area contributed by atoms with Crippen molar-refractivity contribution in [3.05, 3.63) is 51.3 Å². The van der Waals surface area contributed by atoms with Gasteiger partial charge in [-0.2, -0.15) is 0 Å². The Morgan fingerprint density at radius 3 is 2.72 bits per heavy atom. The molecular formula is C18H20Cl2N2OS2. The average molecular weight is 415 g/mol. The fourth-order valence-corrected chi connectivity index (χ4v) is 4.80. The molecule has 1 aliphatic rings. The largest absolute Gasteiger partial charge is 0.353 e. The standard InChI is InChI=1S/C18H20Cl2N2OS2/c19-15-4-3-13(10-16(15)20)11-22-7-5-14(6-8-22)21-17(23)12-25-18-2-1-9-24-18/h1-4,9-10,14H,5-8,11-12H2,(H,21,23). The van der Waals surface area contributed by atoms with Crippen molar-refractivity contribution in [3.63, 3.8) is 0 Å². The molecular weight excluding hydrogens is 395 g/mol. The zero-order chi connectivity index (χ0) is 17.6. The molecule has 2 heterocycles. The number of halogens is 2. The van der Waals surface area contributed by atoms with Gasteiger partial charge in [-0.15, -0.1) is 23.1 Å². The fraction of sp³-hybridized carbons (Fsp3) is 0.389. The first-order valence-electron chi connectivity index (χ1n) is 8.22. The topological polar surface area (TPSA) is 32.3 Å². The summed E-state index contributed by atoms with van der Waals surface area (Å²) in [6.07, 6.45) is 1.97. The van der Waals surface area contributed by atoms with Gasteiger partial charge in [-0.1, -0.05) is 35.3 Å². The molecule has 25 heavy (non-hydrogen) atoms. The van der Waals surface area contributed by atoms with Crippen LogP contribution in [0.25, 0.3) is 0 Å². The Morgan fingerprint density at radius 1 is 1.24 bits per heavy atom. The number of likely N-dealkylation sites (tertiary alicyclic amines) is 1. The maximum absolute atomic E-state index is 12.1. The van der Waals surface area contributed by atoms with Crippen LogP contribution in [0.1, 0.15) is 18.4 Å². The zero-order valence-corrected chi connectivity index (χ0v) is 16.9. The highest BCUT2D eigenvalue weighted by Gasteiger charge is 2.21. The molecule has 1 aromatic carbocycles. The molecule has 1 N–H and O–H groups in total. The van der Waals surface area contributed by atoms with Crippen LogP contribution in [0.4, 0.5) is 0 Å². The van der Waals surface area contributed by atoms with Gasteiger partial charge in [-0.05, 0) is 42.0 Å². The number of carbonyl (C=O) groups excluding carboxylic acids is 1. The van der Waals surface area contributed by atoms with Crippen molar-refractivity contribution >= 4 is 52.2 Å². The van der Waals surface area contributed by atoms with Gasteiger partial charge in [0.15, 0.2) is 0 Å². The van der Waals surface area contributed by atoms with Crippen molar-refractivity contribution in [2.24, 2.45) is 0 Å². The summed E-state index contributed by atoms with van der Waals surface area (Å²) < 4.78 is 1.19. The highest BCUT2D eigenvalue weighted by Crippen LogP contribution is 2.25. The van der Waals surface area contributed by atoms with E-state index < -0.39 is 0 Å². The summed E-state index contributed by atoms with van der Waals surface area (Å²) in [6, 6.07) is 10.1. The van der Waals surface area contributed by atoms with Crippen LogP contribution in [0.2, 0.25) is 10.0 Å². The molecule has 1 fully saturated rings. The number of thiophene rings is 1. The summed E-state index contributed by atoms with van der Waals surface area (Å²) in [5, 5.41) is 6.38. The minimum Gasteiger partial charge on any atom is -0.353 e. The number of piperidine rings is 1. The smallest absolute Gasteiger partial charge is 0.230 e. The predicted octanol–water partition coefficient (Wildman–Crippen LogP) is 4.93. The lowest BCUT2D eigenvalue weighted by Gasteiger charge is -2.32. The molecule has 3 nitrogen and oxygen atoms in total. The minimum absolute atomic E-state index is 0.126. The molecule has 1 saturated heterocycles. The van der Waals surface area contributed by atoms with Crippen LogP contribution < -0.4 is 5.32 Å². The minimum atomic E-state index is 0.126. The molecule has 0 atom stereocenters. The molecule has 3 rings (SSSR count). The summed E-state index contributed by atoms with van der Waals surface area (Å²) >= 11 is 15.3. The van der Waals surface area contributed by atoms with Crippen molar-refractivity contribution in [2.75, 3.05) is 18.8 Å². The lowest BCUT2D eigenvalue weighted by atomic mass is 10.0. The third kappa shape index (κ3) is 5.90. The molecule has 0 aliphatic carbocycles. The molecule has 0 spiro atoms. The van der Waals surface area contributed by atoms with Crippen LogP contribution in [0.3, 0.4) is 0 Å². The van der Waals surface area contributed by atoms with E-state index in [4.69, 9.17) is 23.2 Å². The van der Waals surface area contributed by atoms with E-state index in [1.54, 1.807) is 23.1 Å². The maximum Gasteiger partial charge on any atom is 0.230 e. The van der Waals surface area contributed by atoms with E-state index in [9.17, 15) is 4.79 Å². The monoisotopic (exact) mass is 414 g/mol. The summed E-state index contributed by atoms with van der Waals surface area (Å²) in [5.74, 6) is 0.616. The Balaban J connectivity index is 1.39. The highest BCUT2D eigenvalue weighted by molar-refractivity contribution is 8.01. The molecule has 1 aliphatic heterocycles. The molecule has 1 aromatic heterocycles. The Morgan fingerprint density at radius 2 is 2.04 bits per heavy atom. The van der Waals surface area contributed by atoms with Crippen LogP contribution >= 0.6 is 46.3 Å². The number of carbonyl (C=O) groups is 1. The lowest BCUT2D eigenvalue weighted by Crippen LogP contribution is -2.44. The lowest BCUT2D eigenvalue weighted by molar-refractivity contribution is -0.119. The van der Waals surface area contributed by atoms with Crippen LogP contribution in [-0.2, 0) is 11.3 Å². The number of hydrogen-bond acceptors (Lipinski definition) is 4. The fourth-order valence-electron chi connectivity index (χ4n) is 2.88. The number of amides is 1. The van der Waals surface area contributed by atoms with Gasteiger partial charge in [0.05, 0.1) is 20.0 Å². The van der Waals surface area contributed by atoms with Gasteiger partial charge >= 0.3 is 0 Å². The van der Waals surface area contributed by atoms with Gasteiger partial charge in [-0.25, -0.2) is 0 Å². The summed E-state index contributed by atoms with van der Waals surface area (Å²) in [4.78, 5) is 14.5. The average Bonchev–Trinajstić information content (AvgIpc) is 3.12.